The fourth-order valence-electron chi connectivity index (χ4n) is 3.38. The number of rotatable bonds is 6. The second-order valence-electron chi connectivity index (χ2n) is 7.62. The largest absolute Gasteiger partial charge is 0.451 e. The Morgan fingerprint density at radius 1 is 1.14 bits per heavy atom. The third-order valence-corrected chi connectivity index (χ3v) is 5.25. The van der Waals surface area contributed by atoms with E-state index in [1.165, 1.54) is 30.4 Å². The van der Waals surface area contributed by atoms with Crippen LogP contribution in [0.25, 0.3) is 0 Å². The number of hydrogen-bond acceptors (Lipinski definition) is 5. The van der Waals surface area contributed by atoms with Gasteiger partial charge in [-0.05, 0) is 56.0 Å². The van der Waals surface area contributed by atoms with E-state index in [2.05, 4.69) is 17.1 Å². The average molecular weight is 397 g/mol. The van der Waals surface area contributed by atoms with E-state index in [1.54, 1.807) is 13.2 Å². The monoisotopic (exact) mass is 397 g/mol. The highest BCUT2D eigenvalue weighted by Crippen LogP contribution is 2.24. The first kappa shape index (κ1) is 20.6. The van der Waals surface area contributed by atoms with Crippen LogP contribution in [-0.2, 0) is 16.6 Å². The molecule has 2 aromatic rings. The Balaban J connectivity index is 1.50. The quantitative estimate of drug-likeness (QED) is 0.598. The van der Waals surface area contributed by atoms with Gasteiger partial charge in [-0.2, -0.15) is 0 Å². The number of carbonyl (C=O) groups excluding carboxylic acids is 3. The molecule has 1 fully saturated rings. The highest BCUT2D eigenvalue weighted by molar-refractivity contribution is 5.99. The molecule has 1 aliphatic rings. The van der Waals surface area contributed by atoms with Gasteiger partial charge in [0.1, 0.15) is 5.69 Å². The van der Waals surface area contributed by atoms with Gasteiger partial charge in [-0.25, -0.2) is 4.79 Å². The predicted octanol–water partition coefficient (Wildman–Crippen LogP) is 3.26. The summed E-state index contributed by atoms with van der Waals surface area (Å²) in [4.78, 5) is 38.0. The van der Waals surface area contributed by atoms with Crippen LogP contribution in [0.5, 0.6) is 0 Å². The van der Waals surface area contributed by atoms with Crippen LogP contribution in [0.4, 0.5) is 11.4 Å². The molecule has 7 nitrogen and oxygen atoms in total. The second-order valence-corrected chi connectivity index (χ2v) is 7.62. The summed E-state index contributed by atoms with van der Waals surface area (Å²) in [5.74, 6) is -0.430. The number of esters is 1. The number of hydrogen-bond donors (Lipinski definition) is 1. The molecule has 154 valence electrons. The second kappa shape index (κ2) is 8.94. The van der Waals surface area contributed by atoms with Crippen LogP contribution in [-0.4, -0.2) is 41.9 Å². The molecule has 0 saturated carbocycles. The number of benzene rings is 1. The Bertz CT molecular complexity index is 893. The van der Waals surface area contributed by atoms with Crippen molar-refractivity contribution in [2.75, 3.05) is 29.9 Å². The third-order valence-electron chi connectivity index (χ3n) is 5.25. The van der Waals surface area contributed by atoms with Gasteiger partial charge in [0.25, 0.3) is 5.91 Å². The molecule has 0 aliphatic carbocycles. The number of nitrogens with zero attached hydrogens (tertiary/aromatic N) is 2. The SMILES string of the molecule is CC(=O)c1cc(C(=O)OCC(=O)Nc2ccc(N3CCC(C)CC3)cc2)n(C)c1. The molecule has 7 heteroatoms. The Morgan fingerprint density at radius 3 is 2.38 bits per heavy atom. The molecule has 1 saturated heterocycles. The highest BCUT2D eigenvalue weighted by atomic mass is 16.5. The fourth-order valence-corrected chi connectivity index (χ4v) is 3.38. The zero-order chi connectivity index (χ0) is 21.0. The van der Waals surface area contributed by atoms with Crippen molar-refractivity contribution in [2.45, 2.75) is 26.7 Å². The lowest BCUT2D eigenvalue weighted by Gasteiger charge is -2.32. The van der Waals surface area contributed by atoms with Crippen LogP contribution in [0.1, 0.15) is 47.5 Å². The van der Waals surface area contributed by atoms with E-state index >= 15 is 0 Å². The topological polar surface area (TPSA) is 80.6 Å². The molecule has 1 aromatic carbocycles. The summed E-state index contributed by atoms with van der Waals surface area (Å²) in [6.45, 7) is 5.41. The Hall–Kier alpha value is -3.09. The molecular weight excluding hydrogens is 370 g/mol. The van der Waals surface area contributed by atoms with Crippen molar-refractivity contribution in [1.82, 2.24) is 4.57 Å². The van der Waals surface area contributed by atoms with Crippen LogP contribution >= 0.6 is 0 Å². The van der Waals surface area contributed by atoms with Crippen molar-refractivity contribution >= 4 is 29.0 Å². The standard InChI is InChI=1S/C22H27N3O4/c1-15-8-10-25(11-9-15)19-6-4-18(5-7-19)23-21(27)14-29-22(28)20-12-17(16(2)26)13-24(20)3/h4-7,12-13,15H,8-11,14H2,1-3H3,(H,23,27). The lowest BCUT2D eigenvalue weighted by atomic mass is 9.99. The number of carbonyl (C=O) groups is 3. The zero-order valence-corrected chi connectivity index (χ0v) is 17.1. The average Bonchev–Trinajstić information content (AvgIpc) is 3.09. The molecule has 3 rings (SSSR count). The van der Waals surface area contributed by atoms with Crippen molar-refractivity contribution in [3.8, 4) is 0 Å². The molecule has 1 aliphatic heterocycles. The first-order chi connectivity index (χ1) is 13.8. The van der Waals surface area contributed by atoms with Gasteiger partial charge in [-0.15, -0.1) is 0 Å². The molecule has 0 bridgehead atoms. The van der Waals surface area contributed by atoms with Crippen LogP contribution in [0.15, 0.2) is 36.5 Å². The van der Waals surface area contributed by atoms with Crippen molar-refractivity contribution in [2.24, 2.45) is 13.0 Å². The number of ether oxygens (including phenoxy) is 1. The summed E-state index contributed by atoms with van der Waals surface area (Å²) in [6, 6.07) is 9.14. The van der Waals surface area contributed by atoms with E-state index in [1.807, 2.05) is 24.3 Å². The maximum Gasteiger partial charge on any atom is 0.355 e. The lowest BCUT2D eigenvalue weighted by Crippen LogP contribution is -2.32. The first-order valence-electron chi connectivity index (χ1n) is 9.83. The summed E-state index contributed by atoms with van der Waals surface area (Å²) in [6.07, 6.45) is 3.95. The Morgan fingerprint density at radius 2 is 1.79 bits per heavy atom. The van der Waals surface area contributed by atoms with Crippen LogP contribution < -0.4 is 10.2 Å². The minimum Gasteiger partial charge on any atom is -0.451 e. The number of ketones is 1. The molecular formula is C22H27N3O4. The fraction of sp³-hybridized carbons (Fsp3) is 0.409. The van der Waals surface area contributed by atoms with Crippen molar-refractivity contribution in [3.05, 3.63) is 47.8 Å². The van der Waals surface area contributed by atoms with Gasteiger partial charge in [-0.3, -0.25) is 9.59 Å². The number of piperidine rings is 1. The Labute approximate surface area is 170 Å². The van der Waals surface area contributed by atoms with Crippen LogP contribution in [0.3, 0.4) is 0 Å². The molecule has 2 heterocycles. The lowest BCUT2D eigenvalue weighted by molar-refractivity contribution is -0.119. The molecule has 0 radical (unpaired) electrons. The third kappa shape index (κ3) is 5.25. The van der Waals surface area contributed by atoms with Gasteiger partial charge in [0.2, 0.25) is 0 Å². The van der Waals surface area contributed by atoms with E-state index in [4.69, 9.17) is 4.74 Å². The molecule has 1 amide bonds. The number of nitrogens with one attached hydrogen (secondary N) is 1. The maximum absolute atomic E-state index is 12.2. The summed E-state index contributed by atoms with van der Waals surface area (Å²) < 4.78 is 6.58. The zero-order valence-electron chi connectivity index (χ0n) is 17.1. The van der Waals surface area contributed by atoms with Crippen LogP contribution in [0.2, 0.25) is 0 Å². The maximum atomic E-state index is 12.2. The normalized spacial score (nSPS) is 14.5. The minimum absolute atomic E-state index is 0.139. The summed E-state index contributed by atoms with van der Waals surface area (Å²) >= 11 is 0. The number of amides is 1. The van der Waals surface area contributed by atoms with Crippen molar-refractivity contribution in [1.29, 1.82) is 0 Å². The van der Waals surface area contributed by atoms with E-state index in [-0.39, 0.29) is 11.5 Å². The molecule has 0 unspecified atom stereocenters. The number of Topliss-reactive ketones (excluding diaryl/α,β-unsaturated/α-hetero) is 1. The van der Waals surface area contributed by atoms with E-state index < -0.39 is 18.5 Å². The van der Waals surface area contributed by atoms with Crippen LogP contribution in [0, 0.1) is 5.92 Å². The van der Waals surface area contributed by atoms with Gasteiger partial charge in [0, 0.05) is 43.3 Å². The smallest absolute Gasteiger partial charge is 0.355 e. The Kier molecular flexibility index (Phi) is 6.36. The van der Waals surface area contributed by atoms with Gasteiger partial charge in [0.05, 0.1) is 0 Å². The van der Waals surface area contributed by atoms with Gasteiger partial charge in [-0.1, -0.05) is 6.92 Å². The van der Waals surface area contributed by atoms with Gasteiger partial charge < -0.3 is 19.5 Å². The number of anilines is 2. The summed E-state index contributed by atoms with van der Waals surface area (Å²) in [7, 11) is 1.65. The first-order valence-corrected chi connectivity index (χ1v) is 9.83. The minimum atomic E-state index is -0.648. The molecule has 0 spiro atoms. The van der Waals surface area contributed by atoms with Crippen molar-refractivity contribution < 1.29 is 19.1 Å². The molecule has 0 atom stereocenters. The molecule has 1 N–H and O–H groups in total. The van der Waals surface area contributed by atoms with Gasteiger partial charge in [0.15, 0.2) is 12.4 Å². The van der Waals surface area contributed by atoms with E-state index in [0.717, 1.165) is 24.7 Å². The van der Waals surface area contributed by atoms with Gasteiger partial charge >= 0.3 is 5.97 Å². The van der Waals surface area contributed by atoms with E-state index in [9.17, 15) is 14.4 Å². The van der Waals surface area contributed by atoms with Crippen molar-refractivity contribution in [3.63, 3.8) is 0 Å². The van der Waals surface area contributed by atoms with E-state index in [0.29, 0.717) is 11.3 Å². The number of aryl methyl sites for hydroxylation is 1. The summed E-state index contributed by atoms with van der Waals surface area (Å²) in [5, 5.41) is 2.73. The number of aromatic nitrogens is 1. The highest BCUT2D eigenvalue weighted by Gasteiger charge is 2.17. The summed E-state index contributed by atoms with van der Waals surface area (Å²) in [5.41, 5.74) is 2.44. The predicted molar refractivity (Wildman–Crippen MR) is 111 cm³/mol. The molecule has 1 aromatic heterocycles. The molecule has 29 heavy (non-hydrogen) atoms.